The normalized spacial score (nSPS) is 24.4. The molecule has 3 rings (SSSR count). The van der Waals surface area contributed by atoms with Crippen molar-refractivity contribution in [3.63, 3.8) is 0 Å². The largest absolute Gasteiger partial charge is 0.464 e. The summed E-state index contributed by atoms with van der Waals surface area (Å²) in [6.45, 7) is 1.11. The molecule has 0 spiro atoms. The summed E-state index contributed by atoms with van der Waals surface area (Å²) in [6, 6.07) is 3.27. The van der Waals surface area contributed by atoms with Crippen LogP contribution in [0, 0.1) is 5.92 Å². The lowest BCUT2D eigenvalue weighted by Gasteiger charge is -2.34. The first-order valence-electron chi connectivity index (χ1n) is 8.42. The van der Waals surface area contributed by atoms with E-state index in [4.69, 9.17) is 4.74 Å². The van der Waals surface area contributed by atoms with E-state index in [2.05, 4.69) is 12.2 Å². The number of esters is 1. The van der Waals surface area contributed by atoms with E-state index in [1.54, 1.807) is 4.90 Å². The predicted molar refractivity (Wildman–Crippen MR) is 90.4 cm³/mol. The van der Waals surface area contributed by atoms with Crippen molar-refractivity contribution in [2.24, 2.45) is 5.92 Å². The highest BCUT2D eigenvalue weighted by Gasteiger charge is 2.34. The molecule has 0 N–H and O–H groups in total. The van der Waals surface area contributed by atoms with Gasteiger partial charge in [-0.25, -0.2) is 4.79 Å². The number of thiophene rings is 1. The maximum absolute atomic E-state index is 12.6. The summed E-state index contributed by atoms with van der Waals surface area (Å²) in [5.41, 5.74) is 0. The Hall–Kier alpha value is -1.62. The molecule has 2 unspecified atom stereocenters. The molecule has 2 atom stereocenters. The van der Waals surface area contributed by atoms with Gasteiger partial charge < -0.3 is 9.64 Å². The summed E-state index contributed by atoms with van der Waals surface area (Å²) in [5.74, 6) is 0.153. The zero-order chi connectivity index (χ0) is 16.1. The lowest BCUT2D eigenvalue weighted by atomic mass is 9.95. The summed E-state index contributed by atoms with van der Waals surface area (Å²) in [5, 5.41) is 1.89. The van der Waals surface area contributed by atoms with E-state index in [1.807, 2.05) is 17.5 Å². The van der Waals surface area contributed by atoms with Crippen molar-refractivity contribution >= 4 is 23.2 Å². The second-order valence-electron chi connectivity index (χ2n) is 6.27. The number of nitrogens with zero attached hydrogens (tertiary/aromatic N) is 1. The summed E-state index contributed by atoms with van der Waals surface area (Å²) >= 11 is 1.42. The average molecular weight is 333 g/mol. The molecule has 1 aromatic heterocycles. The molecule has 1 saturated heterocycles. The highest BCUT2D eigenvalue weighted by molar-refractivity contribution is 7.12. The van der Waals surface area contributed by atoms with E-state index in [0.29, 0.717) is 30.4 Å². The molecule has 1 aliphatic carbocycles. The SMILES string of the molecule is O=C(OCC1CC=CCC1)C1CCCCN1C(=O)c1cccs1. The quantitative estimate of drug-likeness (QED) is 0.624. The second kappa shape index (κ2) is 7.77. The fourth-order valence-electron chi connectivity index (χ4n) is 3.27. The van der Waals surface area contributed by atoms with Gasteiger partial charge >= 0.3 is 5.97 Å². The molecule has 1 aromatic rings. The highest BCUT2D eigenvalue weighted by atomic mass is 32.1. The van der Waals surface area contributed by atoms with Crippen LogP contribution in [0.25, 0.3) is 0 Å². The molecule has 1 amide bonds. The Bertz CT molecular complexity index is 567. The van der Waals surface area contributed by atoms with Crippen LogP contribution in [0.4, 0.5) is 0 Å². The molecule has 4 nitrogen and oxygen atoms in total. The van der Waals surface area contributed by atoms with Gasteiger partial charge in [0.2, 0.25) is 0 Å². The van der Waals surface area contributed by atoms with Crippen LogP contribution in [0.3, 0.4) is 0 Å². The van der Waals surface area contributed by atoms with Crippen molar-refractivity contribution < 1.29 is 14.3 Å². The Morgan fingerprint density at radius 2 is 2.17 bits per heavy atom. The number of piperidine rings is 1. The average Bonchev–Trinajstić information content (AvgIpc) is 3.14. The number of likely N-dealkylation sites (tertiary alicyclic amines) is 1. The number of hydrogen-bond acceptors (Lipinski definition) is 4. The molecule has 1 aliphatic heterocycles. The lowest BCUT2D eigenvalue weighted by molar-refractivity contribution is -0.151. The molecule has 2 heterocycles. The monoisotopic (exact) mass is 333 g/mol. The summed E-state index contributed by atoms with van der Waals surface area (Å²) < 4.78 is 5.56. The first-order chi connectivity index (χ1) is 11.3. The molecular formula is C18H23NO3S. The molecule has 23 heavy (non-hydrogen) atoms. The second-order valence-corrected chi connectivity index (χ2v) is 7.22. The fourth-order valence-corrected chi connectivity index (χ4v) is 3.94. The third-order valence-corrected chi connectivity index (χ3v) is 5.46. The standard InChI is InChI=1S/C18H23NO3S/c20-17(16-10-6-12-23-16)19-11-5-4-9-15(19)18(21)22-13-14-7-2-1-3-8-14/h1-2,6,10,12,14-15H,3-5,7-9,11,13H2. The summed E-state index contributed by atoms with van der Waals surface area (Å²) in [4.78, 5) is 27.5. The van der Waals surface area contributed by atoms with Crippen LogP contribution in [0.1, 0.15) is 48.2 Å². The smallest absolute Gasteiger partial charge is 0.328 e. The molecule has 124 valence electrons. The maximum Gasteiger partial charge on any atom is 0.328 e. The Kier molecular flexibility index (Phi) is 5.49. The number of amides is 1. The molecule has 5 heteroatoms. The van der Waals surface area contributed by atoms with Gasteiger partial charge in [0.25, 0.3) is 5.91 Å². The van der Waals surface area contributed by atoms with Gasteiger partial charge in [-0.05, 0) is 55.9 Å². The molecule has 0 saturated carbocycles. The Morgan fingerprint density at radius 3 is 2.91 bits per heavy atom. The van der Waals surface area contributed by atoms with Crippen molar-refractivity contribution in [1.82, 2.24) is 4.90 Å². The predicted octanol–water partition coefficient (Wildman–Crippen LogP) is 3.64. The lowest BCUT2D eigenvalue weighted by Crippen LogP contribution is -2.48. The number of rotatable bonds is 4. The first kappa shape index (κ1) is 16.2. The van der Waals surface area contributed by atoms with Gasteiger partial charge in [-0.15, -0.1) is 11.3 Å². The number of carbonyl (C=O) groups excluding carboxylic acids is 2. The van der Waals surface area contributed by atoms with Crippen LogP contribution < -0.4 is 0 Å². The minimum absolute atomic E-state index is 0.0396. The molecule has 1 fully saturated rings. The molecule has 0 aromatic carbocycles. The maximum atomic E-state index is 12.6. The van der Waals surface area contributed by atoms with Crippen LogP contribution in [0.15, 0.2) is 29.7 Å². The Morgan fingerprint density at radius 1 is 1.26 bits per heavy atom. The van der Waals surface area contributed by atoms with Gasteiger partial charge in [-0.2, -0.15) is 0 Å². The Labute approximate surface area is 141 Å². The molecule has 0 bridgehead atoms. The van der Waals surface area contributed by atoms with Gasteiger partial charge in [0, 0.05) is 6.54 Å². The topological polar surface area (TPSA) is 46.6 Å². The van der Waals surface area contributed by atoms with E-state index in [-0.39, 0.29) is 11.9 Å². The number of hydrogen-bond donors (Lipinski definition) is 0. The van der Waals surface area contributed by atoms with E-state index < -0.39 is 6.04 Å². The van der Waals surface area contributed by atoms with Crippen LogP contribution in [0.2, 0.25) is 0 Å². The van der Waals surface area contributed by atoms with Crippen LogP contribution in [0.5, 0.6) is 0 Å². The van der Waals surface area contributed by atoms with Crippen molar-refractivity contribution in [2.45, 2.75) is 44.6 Å². The van der Waals surface area contributed by atoms with Crippen molar-refractivity contribution in [1.29, 1.82) is 0 Å². The van der Waals surface area contributed by atoms with Gasteiger partial charge in [0.1, 0.15) is 6.04 Å². The van der Waals surface area contributed by atoms with E-state index in [0.717, 1.165) is 32.1 Å². The highest BCUT2D eigenvalue weighted by Crippen LogP contribution is 2.24. The first-order valence-corrected chi connectivity index (χ1v) is 9.30. The van der Waals surface area contributed by atoms with Gasteiger partial charge in [-0.3, -0.25) is 4.79 Å². The van der Waals surface area contributed by atoms with Crippen molar-refractivity contribution in [3.05, 3.63) is 34.5 Å². The van der Waals surface area contributed by atoms with Gasteiger partial charge in [-0.1, -0.05) is 18.2 Å². The van der Waals surface area contributed by atoms with Crippen LogP contribution in [-0.2, 0) is 9.53 Å². The van der Waals surface area contributed by atoms with E-state index >= 15 is 0 Å². The van der Waals surface area contributed by atoms with E-state index in [9.17, 15) is 9.59 Å². The van der Waals surface area contributed by atoms with Crippen LogP contribution in [-0.4, -0.2) is 36.0 Å². The molecule has 0 radical (unpaired) electrons. The van der Waals surface area contributed by atoms with Gasteiger partial charge in [0.15, 0.2) is 0 Å². The number of carbonyl (C=O) groups is 2. The molecular weight excluding hydrogens is 310 g/mol. The van der Waals surface area contributed by atoms with E-state index in [1.165, 1.54) is 11.3 Å². The third-order valence-electron chi connectivity index (χ3n) is 4.61. The van der Waals surface area contributed by atoms with Crippen molar-refractivity contribution in [2.75, 3.05) is 13.2 Å². The Balaban J connectivity index is 1.60. The zero-order valence-corrected chi connectivity index (χ0v) is 14.1. The minimum atomic E-state index is -0.419. The van der Waals surface area contributed by atoms with Crippen molar-refractivity contribution in [3.8, 4) is 0 Å². The fraction of sp³-hybridized carbons (Fsp3) is 0.556. The summed E-state index contributed by atoms with van der Waals surface area (Å²) in [6.07, 6.45) is 10.1. The molecule has 2 aliphatic rings. The summed E-state index contributed by atoms with van der Waals surface area (Å²) in [7, 11) is 0. The zero-order valence-electron chi connectivity index (χ0n) is 13.3. The van der Waals surface area contributed by atoms with Gasteiger partial charge in [0.05, 0.1) is 11.5 Å². The number of ether oxygens (including phenoxy) is 1. The minimum Gasteiger partial charge on any atom is -0.464 e. The van der Waals surface area contributed by atoms with Crippen LogP contribution >= 0.6 is 11.3 Å². The third kappa shape index (κ3) is 4.02. The number of allylic oxidation sites excluding steroid dienone is 2.